The molecule has 3 heteroatoms. The zero-order valence-corrected chi connectivity index (χ0v) is 12.2. The van der Waals surface area contributed by atoms with Gasteiger partial charge < -0.3 is 10.1 Å². The summed E-state index contributed by atoms with van der Waals surface area (Å²) in [6, 6.07) is 7.07. The van der Waals surface area contributed by atoms with Crippen LogP contribution in [-0.2, 0) is 5.75 Å². The molecule has 1 aromatic rings. The molecule has 1 aliphatic rings. The van der Waals surface area contributed by atoms with Crippen LogP contribution in [0.5, 0.6) is 5.75 Å². The fourth-order valence-electron chi connectivity index (χ4n) is 2.35. The average molecular weight is 265 g/mol. The Labute approximate surface area is 114 Å². The van der Waals surface area contributed by atoms with Crippen LogP contribution >= 0.6 is 11.8 Å². The molecule has 0 aromatic heterocycles. The summed E-state index contributed by atoms with van der Waals surface area (Å²) in [4.78, 5) is 0. The highest BCUT2D eigenvalue weighted by atomic mass is 32.2. The van der Waals surface area contributed by atoms with Crippen molar-refractivity contribution in [1.29, 1.82) is 0 Å². The fraction of sp³-hybridized carbons (Fsp3) is 0.600. The highest BCUT2D eigenvalue weighted by Crippen LogP contribution is 2.33. The van der Waals surface area contributed by atoms with E-state index < -0.39 is 0 Å². The van der Waals surface area contributed by atoms with Crippen molar-refractivity contribution in [2.24, 2.45) is 0 Å². The lowest BCUT2D eigenvalue weighted by molar-refractivity contribution is 0.339. The van der Waals surface area contributed by atoms with Crippen LogP contribution < -0.4 is 10.1 Å². The van der Waals surface area contributed by atoms with Crippen LogP contribution in [0.2, 0.25) is 0 Å². The molecule has 2 rings (SSSR count). The number of ether oxygens (including phenoxy) is 1. The van der Waals surface area contributed by atoms with Gasteiger partial charge in [-0.25, -0.2) is 0 Å². The van der Waals surface area contributed by atoms with Crippen molar-refractivity contribution < 1.29 is 4.74 Å². The third-order valence-corrected chi connectivity index (χ3v) is 4.29. The third kappa shape index (κ3) is 3.42. The minimum Gasteiger partial charge on any atom is -0.494 e. The van der Waals surface area contributed by atoms with Crippen molar-refractivity contribution in [3.8, 4) is 5.75 Å². The first-order valence-corrected chi connectivity index (χ1v) is 8.07. The van der Waals surface area contributed by atoms with Crippen molar-refractivity contribution in [1.82, 2.24) is 5.32 Å². The van der Waals surface area contributed by atoms with E-state index in [0.29, 0.717) is 6.04 Å². The predicted molar refractivity (Wildman–Crippen MR) is 79.4 cm³/mol. The molecule has 1 atom stereocenters. The molecule has 1 heterocycles. The number of fused-ring (bicyclic) bond motifs is 1. The molecular formula is C15H23NOS. The first kappa shape index (κ1) is 13.8. The molecule has 0 saturated carbocycles. The number of rotatable bonds is 5. The second-order valence-electron chi connectivity index (χ2n) is 4.64. The van der Waals surface area contributed by atoms with Crippen molar-refractivity contribution >= 4 is 11.8 Å². The Bertz CT molecular complexity index is 381. The molecule has 1 aliphatic heterocycles. The maximum absolute atomic E-state index is 5.63. The molecule has 0 saturated heterocycles. The van der Waals surface area contributed by atoms with Gasteiger partial charge in [0.15, 0.2) is 0 Å². The Kier molecular flexibility index (Phi) is 5.39. The van der Waals surface area contributed by atoms with Gasteiger partial charge in [0.25, 0.3) is 0 Å². The first-order valence-electron chi connectivity index (χ1n) is 6.92. The van der Waals surface area contributed by atoms with Gasteiger partial charge in [0, 0.05) is 11.8 Å². The number of hydrogen-bond acceptors (Lipinski definition) is 3. The Hall–Kier alpha value is -0.670. The largest absolute Gasteiger partial charge is 0.494 e. The van der Waals surface area contributed by atoms with E-state index in [1.165, 1.54) is 29.7 Å². The molecule has 2 nitrogen and oxygen atoms in total. The van der Waals surface area contributed by atoms with Crippen LogP contribution in [0.15, 0.2) is 18.2 Å². The second-order valence-corrected chi connectivity index (χ2v) is 5.75. The van der Waals surface area contributed by atoms with Gasteiger partial charge in [-0.15, -0.1) is 0 Å². The normalized spacial score (nSPS) is 19.1. The van der Waals surface area contributed by atoms with E-state index in [2.05, 4.69) is 30.4 Å². The summed E-state index contributed by atoms with van der Waals surface area (Å²) in [5.41, 5.74) is 2.91. The van der Waals surface area contributed by atoms with E-state index in [9.17, 15) is 0 Å². The lowest BCUT2D eigenvalue weighted by atomic mass is 9.99. The topological polar surface area (TPSA) is 21.3 Å². The van der Waals surface area contributed by atoms with Crippen molar-refractivity contribution in [2.45, 2.75) is 38.5 Å². The van der Waals surface area contributed by atoms with Gasteiger partial charge in [0.1, 0.15) is 5.75 Å². The monoisotopic (exact) mass is 265 g/mol. The smallest absolute Gasteiger partial charge is 0.119 e. The minimum atomic E-state index is 0.496. The van der Waals surface area contributed by atoms with Gasteiger partial charge in [0.2, 0.25) is 0 Å². The summed E-state index contributed by atoms with van der Waals surface area (Å²) in [6.07, 6.45) is 2.40. The summed E-state index contributed by atoms with van der Waals surface area (Å²) < 4.78 is 5.63. The highest BCUT2D eigenvalue weighted by Gasteiger charge is 2.18. The lowest BCUT2D eigenvalue weighted by Crippen LogP contribution is -2.23. The van der Waals surface area contributed by atoms with Gasteiger partial charge >= 0.3 is 0 Å². The van der Waals surface area contributed by atoms with E-state index >= 15 is 0 Å². The molecule has 0 bridgehead atoms. The van der Waals surface area contributed by atoms with Crippen molar-refractivity contribution in [3.63, 3.8) is 0 Å². The van der Waals surface area contributed by atoms with Crippen LogP contribution in [0.25, 0.3) is 0 Å². The molecule has 100 valence electrons. The summed E-state index contributed by atoms with van der Waals surface area (Å²) in [6.45, 7) is 6.08. The molecule has 1 N–H and O–H groups in total. The van der Waals surface area contributed by atoms with Gasteiger partial charge in [-0.3, -0.25) is 0 Å². The van der Waals surface area contributed by atoms with E-state index in [1.54, 1.807) is 0 Å². The van der Waals surface area contributed by atoms with Gasteiger partial charge in [-0.1, -0.05) is 13.0 Å². The number of benzene rings is 1. The summed E-state index contributed by atoms with van der Waals surface area (Å²) in [5.74, 6) is 3.37. The Morgan fingerprint density at radius 1 is 1.39 bits per heavy atom. The minimum absolute atomic E-state index is 0.496. The van der Waals surface area contributed by atoms with E-state index in [1.807, 2.05) is 18.7 Å². The molecule has 1 aromatic carbocycles. The van der Waals surface area contributed by atoms with E-state index in [0.717, 1.165) is 24.7 Å². The maximum Gasteiger partial charge on any atom is 0.119 e. The molecule has 0 fully saturated rings. The van der Waals surface area contributed by atoms with Crippen LogP contribution in [0.3, 0.4) is 0 Å². The molecular weight excluding hydrogens is 242 g/mol. The predicted octanol–water partition coefficient (Wildman–Crippen LogP) is 3.76. The zero-order valence-electron chi connectivity index (χ0n) is 11.4. The van der Waals surface area contributed by atoms with Crippen molar-refractivity contribution in [3.05, 3.63) is 29.3 Å². The van der Waals surface area contributed by atoms with Crippen LogP contribution in [0.4, 0.5) is 0 Å². The van der Waals surface area contributed by atoms with Crippen molar-refractivity contribution in [2.75, 3.05) is 18.9 Å². The van der Waals surface area contributed by atoms with E-state index in [-0.39, 0.29) is 0 Å². The fourth-order valence-corrected chi connectivity index (χ4v) is 3.38. The lowest BCUT2D eigenvalue weighted by Gasteiger charge is -2.19. The Morgan fingerprint density at radius 3 is 3.06 bits per heavy atom. The molecule has 18 heavy (non-hydrogen) atoms. The van der Waals surface area contributed by atoms with Gasteiger partial charge in [-0.2, -0.15) is 11.8 Å². The highest BCUT2D eigenvalue weighted by molar-refractivity contribution is 7.98. The molecule has 0 spiro atoms. The molecule has 0 radical (unpaired) electrons. The second kappa shape index (κ2) is 7.05. The van der Waals surface area contributed by atoms with Crippen LogP contribution in [0.1, 0.15) is 43.9 Å². The van der Waals surface area contributed by atoms with Crippen LogP contribution in [0, 0.1) is 0 Å². The average Bonchev–Trinajstić information content (AvgIpc) is 2.59. The number of hydrogen-bond donors (Lipinski definition) is 1. The maximum atomic E-state index is 5.63. The quantitative estimate of drug-likeness (QED) is 0.876. The number of nitrogens with one attached hydrogen (secondary N) is 1. The van der Waals surface area contributed by atoms with E-state index in [4.69, 9.17) is 4.74 Å². The summed E-state index contributed by atoms with van der Waals surface area (Å²) in [5, 5.41) is 3.67. The Morgan fingerprint density at radius 2 is 2.28 bits per heavy atom. The molecule has 1 unspecified atom stereocenters. The standard InChI is InChI=1S/C15H23NOS/c1-3-8-16-15-7-9-18-11-12-5-6-13(17-4-2)10-14(12)15/h5-6,10,15-16H,3-4,7-9,11H2,1-2H3. The summed E-state index contributed by atoms with van der Waals surface area (Å²) in [7, 11) is 0. The van der Waals surface area contributed by atoms with Gasteiger partial charge in [0.05, 0.1) is 6.61 Å². The Balaban J connectivity index is 2.22. The third-order valence-electron chi connectivity index (χ3n) is 3.25. The zero-order chi connectivity index (χ0) is 12.8. The summed E-state index contributed by atoms with van der Waals surface area (Å²) >= 11 is 2.03. The van der Waals surface area contributed by atoms with Gasteiger partial charge in [-0.05, 0) is 55.3 Å². The number of thioether (sulfide) groups is 1. The SMILES string of the molecule is CCCNC1CCSCc2ccc(OCC)cc21. The van der Waals surface area contributed by atoms with Crippen LogP contribution in [-0.4, -0.2) is 18.9 Å². The first-order chi connectivity index (χ1) is 8.85. The molecule has 0 amide bonds. The molecule has 0 aliphatic carbocycles.